The summed E-state index contributed by atoms with van der Waals surface area (Å²) in [5.74, 6) is 0.833. The molecule has 3 heteroatoms. The molecule has 0 amide bonds. The minimum absolute atomic E-state index is 0.713. The molecule has 1 aromatic rings. The summed E-state index contributed by atoms with van der Waals surface area (Å²) in [6.45, 7) is 4.51. The Bertz CT molecular complexity index is 365. The monoisotopic (exact) mass is 238 g/mol. The predicted octanol–water partition coefficient (Wildman–Crippen LogP) is 3.55. The van der Waals surface area contributed by atoms with Crippen LogP contribution >= 0.6 is 11.6 Å². The molecule has 0 saturated carbocycles. The Morgan fingerprint density at radius 3 is 3.00 bits per heavy atom. The summed E-state index contributed by atoms with van der Waals surface area (Å²) in [7, 11) is 0. The molecule has 0 spiro atoms. The van der Waals surface area contributed by atoms with Crippen molar-refractivity contribution in [2.45, 2.75) is 26.2 Å². The smallest absolute Gasteiger partial charge is 0.0601 e. The molecular formula is C13H19ClN2. The van der Waals surface area contributed by atoms with Gasteiger partial charge in [-0.15, -0.1) is 0 Å². The van der Waals surface area contributed by atoms with Crippen molar-refractivity contribution in [1.29, 1.82) is 0 Å². The van der Waals surface area contributed by atoms with Crippen molar-refractivity contribution < 1.29 is 0 Å². The van der Waals surface area contributed by atoms with E-state index in [9.17, 15) is 0 Å². The molecule has 1 atom stereocenters. The van der Waals surface area contributed by atoms with E-state index in [0.717, 1.165) is 30.4 Å². The lowest BCUT2D eigenvalue weighted by molar-refractivity contribution is 0.530. The second kappa shape index (κ2) is 4.96. The van der Waals surface area contributed by atoms with E-state index in [-0.39, 0.29) is 0 Å². The molecule has 2 nitrogen and oxygen atoms in total. The molecule has 1 aliphatic heterocycles. The number of nitrogens with two attached hydrogens (primary N) is 1. The number of nitrogens with zero attached hydrogens (tertiary/aromatic N) is 1. The zero-order chi connectivity index (χ0) is 11.5. The highest BCUT2D eigenvalue weighted by atomic mass is 35.5. The van der Waals surface area contributed by atoms with E-state index < -0.39 is 0 Å². The molecule has 1 aromatic carbocycles. The lowest BCUT2D eigenvalue weighted by Crippen LogP contribution is -2.20. The first-order valence-electron chi connectivity index (χ1n) is 6.00. The molecular weight excluding hydrogens is 220 g/mol. The van der Waals surface area contributed by atoms with E-state index in [4.69, 9.17) is 17.3 Å². The Morgan fingerprint density at radius 1 is 1.50 bits per heavy atom. The quantitative estimate of drug-likeness (QED) is 0.816. The van der Waals surface area contributed by atoms with Crippen molar-refractivity contribution >= 4 is 23.0 Å². The van der Waals surface area contributed by atoms with Gasteiger partial charge in [0.05, 0.1) is 11.4 Å². The normalized spacial score (nSPS) is 20.4. The molecule has 1 aliphatic rings. The number of benzene rings is 1. The first-order valence-corrected chi connectivity index (χ1v) is 6.38. The van der Waals surface area contributed by atoms with Crippen LogP contribution in [0.3, 0.4) is 0 Å². The zero-order valence-corrected chi connectivity index (χ0v) is 10.5. The van der Waals surface area contributed by atoms with Crippen LogP contribution in [0, 0.1) is 5.92 Å². The summed E-state index contributed by atoms with van der Waals surface area (Å²) in [5, 5.41) is 0.713. The van der Waals surface area contributed by atoms with E-state index in [0.29, 0.717) is 5.02 Å². The number of nitrogen functional groups attached to an aromatic ring is 1. The molecule has 0 aliphatic carbocycles. The van der Waals surface area contributed by atoms with Crippen molar-refractivity contribution in [3.05, 3.63) is 23.2 Å². The van der Waals surface area contributed by atoms with Crippen molar-refractivity contribution in [1.82, 2.24) is 0 Å². The maximum Gasteiger partial charge on any atom is 0.0601 e. The van der Waals surface area contributed by atoms with Crippen LogP contribution in [0.5, 0.6) is 0 Å². The maximum absolute atomic E-state index is 5.99. The Balaban J connectivity index is 2.08. The van der Waals surface area contributed by atoms with Crippen LogP contribution in [0.1, 0.15) is 26.2 Å². The number of hydrogen-bond donors (Lipinski definition) is 1. The van der Waals surface area contributed by atoms with E-state index in [2.05, 4.69) is 11.8 Å². The molecule has 2 N–H and O–H groups in total. The van der Waals surface area contributed by atoms with Crippen LogP contribution in [-0.4, -0.2) is 13.1 Å². The molecule has 1 fully saturated rings. The zero-order valence-electron chi connectivity index (χ0n) is 9.75. The van der Waals surface area contributed by atoms with Gasteiger partial charge >= 0.3 is 0 Å². The summed E-state index contributed by atoms with van der Waals surface area (Å²) < 4.78 is 0. The van der Waals surface area contributed by atoms with Crippen LogP contribution < -0.4 is 10.6 Å². The number of halogens is 1. The Kier molecular flexibility index (Phi) is 3.59. The SMILES string of the molecule is CCCC1CCN(c2ccc(Cl)cc2N)C1. The first-order chi connectivity index (χ1) is 7.70. The standard InChI is InChI=1S/C13H19ClN2/c1-2-3-10-6-7-16(9-10)13-5-4-11(14)8-12(13)15/h4-5,8,10H,2-3,6-7,9,15H2,1H3. The van der Waals surface area contributed by atoms with Crippen molar-refractivity contribution in [3.8, 4) is 0 Å². The lowest BCUT2D eigenvalue weighted by atomic mass is 10.0. The van der Waals surface area contributed by atoms with Gasteiger partial charge in [0.2, 0.25) is 0 Å². The van der Waals surface area contributed by atoms with Crippen LogP contribution in [0.4, 0.5) is 11.4 Å². The first kappa shape index (κ1) is 11.6. The van der Waals surface area contributed by atoms with E-state index in [1.807, 2.05) is 18.2 Å². The summed E-state index contributed by atoms with van der Waals surface area (Å²) in [6, 6.07) is 5.79. The Hall–Kier alpha value is -0.890. The molecule has 1 heterocycles. The van der Waals surface area contributed by atoms with Gasteiger partial charge in [0.25, 0.3) is 0 Å². The molecule has 2 rings (SSSR count). The highest BCUT2D eigenvalue weighted by Gasteiger charge is 2.22. The highest BCUT2D eigenvalue weighted by Crippen LogP contribution is 2.31. The van der Waals surface area contributed by atoms with Gasteiger partial charge in [-0.05, 0) is 37.0 Å². The van der Waals surface area contributed by atoms with Crippen LogP contribution in [-0.2, 0) is 0 Å². The average molecular weight is 239 g/mol. The van der Waals surface area contributed by atoms with Gasteiger partial charge in [0, 0.05) is 18.1 Å². The fraction of sp³-hybridized carbons (Fsp3) is 0.538. The van der Waals surface area contributed by atoms with Gasteiger partial charge < -0.3 is 10.6 Å². The number of hydrogen-bond acceptors (Lipinski definition) is 2. The molecule has 1 unspecified atom stereocenters. The van der Waals surface area contributed by atoms with Gasteiger partial charge in [0.15, 0.2) is 0 Å². The van der Waals surface area contributed by atoms with Gasteiger partial charge in [0.1, 0.15) is 0 Å². The third-order valence-electron chi connectivity index (χ3n) is 3.31. The molecule has 16 heavy (non-hydrogen) atoms. The fourth-order valence-corrected chi connectivity index (χ4v) is 2.69. The minimum atomic E-state index is 0.713. The summed E-state index contributed by atoms with van der Waals surface area (Å²) in [6.07, 6.45) is 3.88. The van der Waals surface area contributed by atoms with Gasteiger partial charge in [-0.25, -0.2) is 0 Å². The molecule has 88 valence electrons. The minimum Gasteiger partial charge on any atom is -0.397 e. The molecule has 0 radical (unpaired) electrons. The largest absolute Gasteiger partial charge is 0.397 e. The summed E-state index contributed by atoms with van der Waals surface area (Å²) in [4.78, 5) is 2.38. The van der Waals surface area contributed by atoms with Gasteiger partial charge in [-0.2, -0.15) is 0 Å². The fourth-order valence-electron chi connectivity index (χ4n) is 2.51. The van der Waals surface area contributed by atoms with Crippen molar-refractivity contribution in [2.75, 3.05) is 23.7 Å². The molecule has 0 aromatic heterocycles. The van der Waals surface area contributed by atoms with E-state index in [1.54, 1.807) is 0 Å². The topological polar surface area (TPSA) is 29.3 Å². The third kappa shape index (κ3) is 2.43. The Labute approximate surface area is 102 Å². The molecule has 0 bridgehead atoms. The van der Waals surface area contributed by atoms with Crippen LogP contribution in [0.25, 0.3) is 0 Å². The van der Waals surface area contributed by atoms with E-state index in [1.165, 1.54) is 19.3 Å². The maximum atomic E-state index is 5.99. The number of anilines is 2. The van der Waals surface area contributed by atoms with Crippen LogP contribution in [0.2, 0.25) is 5.02 Å². The third-order valence-corrected chi connectivity index (χ3v) is 3.55. The van der Waals surface area contributed by atoms with Gasteiger partial charge in [-0.3, -0.25) is 0 Å². The van der Waals surface area contributed by atoms with Crippen LogP contribution in [0.15, 0.2) is 18.2 Å². The lowest BCUT2D eigenvalue weighted by Gasteiger charge is -2.20. The van der Waals surface area contributed by atoms with Crippen molar-refractivity contribution in [3.63, 3.8) is 0 Å². The predicted molar refractivity (Wildman–Crippen MR) is 71.1 cm³/mol. The van der Waals surface area contributed by atoms with E-state index >= 15 is 0 Å². The van der Waals surface area contributed by atoms with Crippen molar-refractivity contribution in [2.24, 2.45) is 5.92 Å². The second-order valence-corrected chi connectivity index (χ2v) is 5.03. The summed E-state index contributed by atoms with van der Waals surface area (Å²) >= 11 is 5.90. The highest BCUT2D eigenvalue weighted by molar-refractivity contribution is 6.31. The van der Waals surface area contributed by atoms with Gasteiger partial charge in [-0.1, -0.05) is 24.9 Å². The average Bonchev–Trinajstić information content (AvgIpc) is 2.67. The Morgan fingerprint density at radius 2 is 2.31 bits per heavy atom. The molecule has 1 saturated heterocycles. The summed E-state index contributed by atoms with van der Waals surface area (Å²) in [5.41, 5.74) is 7.93. The second-order valence-electron chi connectivity index (χ2n) is 4.59. The number of rotatable bonds is 3.